The topological polar surface area (TPSA) is 58.5 Å². The van der Waals surface area contributed by atoms with E-state index in [-0.39, 0.29) is 5.75 Å². The second-order valence-electron chi connectivity index (χ2n) is 5.15. The predicted molar refractivity (Wildman–Crippen MR) is 72.4 cm³/mol. The van der Waals surface area contributed by atoms with Crippen LogP contribution < -0.4 is 5.32 Å². The lowest BCUT2D eigenvalue weighted by Crippen LogP contribution is -2.23. The summed E-state index contributed by atoms with van der Waals surface area (Å²) in [6.45, 7) is 1.08. The minimum atomic E-state index is 0.173. The van der Waals surface area contributed by atoms with E-state index < -0.39 is 0 Å². The third-order valence-corrected chi connectivity index (χ3v) is 4.01. The van der Waals surface area contributed by atoms with E-state index in [4.69, 9.17) is 8.83 Å². The standard InChI is InChI=1S/C15H15NO3/c17-13-11-4-7-18-14(11)12(8-9-2-1-5-16-9)10-3-6-19-15(10)13/h3-4,6-7,9,16-17H,1-2,5,8H2. The second-order valence-corrected chi connectivity index (χ2v) is 5.15. The van der Waals surface area contributed by atoms with Crippen LogP contribution in [0.25, 0.3) is 21.9 Å². The van der Waals surface area contributed by atoms with Gasteiger partial charge in [0.2, 0.25) is 0 Å². The van der Waals surface area contributed by atoms with Crippen LogP contribution in [0.1, 0.15) is 18.4 Å². The van der Waals surface area contributed by atoms with Gasteiger partial charge in [0, 0.05) is 17.0 Å². The number of hydrogen-bond donors (Lipinski definition) is 2. The van der Waals surface area contributed by atoms with E-state index in [1.165, 1.54) is 12.8 Å². The summed E-state index contributed by atoms with van der Waals surface area (Å²) >= 11 is 0. The van der Waals surface area contributed by atoms with Gasteiger partial charge in [-0.3, -0.25) is 0 Å². The zero-order chi connectivity index (χ0) is 12.8. The van der Waals surface area contributed by atoms with Gasteiger partial charge in [0.15, 0.2) is 11.3 Å². The number of rotatable bonds is 2. The molecular formula is C15H15NO3. The summed E-state index contributed by atoms with van der Waals surface area (Å²) in [5.74, 6) is 0.173. The minimum Gasteiger partial charge on any atom is -0.504 e. The summed E-state index contributed by atoms with van der Waals surface area (Å²) in [7, 11) is 0. The summed E-state index contributed by atoms with van der Waals surface area (Å²) in [6.07, 6.45) is 6.55. The van der Waals surface area contributed by atoms with Crippen molar-refractivity contribution in [3.8, 4) is 5.75 Å². The number of furan rings is 2. The van der Waals surface area contributed by atoms with Crippen molar-refractivity contribution in [1.82, 2.24) is 5.32 Å². The Hall–Kier alpha value is -1.94. The molecule has 3 heterocycles. The Kier molecular flexibility index (Phi) is 2.32. The molecule has 0 aliphatic carbocycles. The number of phenolic OH excluding ortho intramolecular Hbond substituents is 1. The average molecular weight is 257 g/mol. The van der Waals surface area contributed by atoms with E-state index in [1.807, 2.05) is 6.07 Å². The van der Waals surface area contributed by atoms with Gasteiger partial charge in [-0.15, -0.1) is 0 Å². The number of fused-ring (bicyclic) bond motifs is 2. The summed E-state index contributed by atoms with van der Waals surface area (Å²) in [5.41, 5.74) is 2.46. The van der Waals surface area contributed by atoms with Gasteiger partial charge in [-0.05, 0) is 37.9 Å². The summed E-state index contributed by atoms with van der Waals surface area (Å²) < 4.78 is 11.0. The van der Waals surface area contributed by atoms with Crippen LogP contribution in [0.2, 0.25) is 0 Å². The Balaban J connectivity index is 1.95. The van der Waals surface area contributed by atoms with Crippen molar-refractivity contribution in [3.05, 3.63) is 30.2 Å². The highest BCUT2D eigenvalue weighted by molar-refractivity contribution is 6.03. The lowest BCUT2D eigenvalue weighted by atomic mass is 9.98. The maximum atomic E-state index is 10.2. The summed E-state index contributed by atoms with van der Waals surface area (Å²) in [6, 6.07) is 4.18. The first-order valence-electron chi connectivity index (χ1n) is 6.66. The van der Waals surface area contributed by atoms with Crippen molar-refractivity contribution in [2.75, 3.05) is 6.54 Å². The fraction of sp³-hybridized carbons (Fsp3) is 0.333. The molecule has 4 rings (SSSR count). The van der Waals surface area contributed by atoms with Crippen molar-refractivity contribution in [1.29, 1.82) is 0 Å². The highest BCUT2D eigenvalue weighted by atomic mass is 16.4. The molecule has 2 N–H and O–H groups in total. The van der Waals surface area contributed by atoms with Crippen LogP contribution in [0, 0.1) is 0 Å². The van der Waals surface area contributed by atoms with Crippen LogP contribution >= 0.6 is 0 Å². The van der Waals surface area contributed by atoms with E-state index in [0.717, 1.165) is 34.9 Å². The van der Waals surface area contributed by atoms with Gasteiger partial charge in [0.1, 0.15) is 5.58 Å². The fourth-order valence-electron chi connectivity index (χ4n) is 3.08. The zero-order valence-electron chi connectivity index (χ0n) is 10.5. The summed E-state index contributed by atoms with van der Waals surface area (Å²) in [5, 5.41) is 15.4. The fourth-order valence-corrected chi connectivity index (χ4v) is 3.08. The molecule has 0 amide bonds. The molecule has 1 atom stereocenters. The molecule has 1 saturated heterocycles. The molecule has 1 aliphatic rings. The predicted octanol–water partition coefficient (Wildman–Crippen LogP) is 3.18. The van der Waals surface area contributed by atoms with Crippen LogP contribution in [-0.2, 0) is 6.42 Å². The number of phenols is 1. The Morgan fingerprint density at radius 2 is 1.95 bits per heavy atom. The van der Waals surface area contributed by atoms with Crippen LogP contribution in [0.15, 0.2) is 33.5 Å². The third-order valence-electron chi connectivity index (χ3n) is 4.01. The van der Waals surface area contributed by atoms with Crippen molar-refractivity contribution >= 4 is 21.9 Å². The molecule has 1 aliphatic heterocycles. The normalized spacial score (nSPS) is 19.7. The molecule has 1 aromatic carbocycles. The molecule has 4 heteroatoms. The molecule has 4 nitrogen and oxygen atoms in total. The first kappa shape index (κ1) is 10.9. The van der Waals surface area contributed by atoms with E-state index in [2.05, 4.69) is 5.32 Å². The van der Waals surface area contributed by atoms with Gasteiger partial charge in [-0.2, -0.15) is 0 Å². The van der Waals surface area contributed by atoms with E-state index >= 15 is 0 Å². The Labute approximate surface area is 110 Å². The van der Waals surface area contributed by atoms with Crippen LogP contribution in [0.5, 0.6) is 5.75 Å². The van der Waals surface area contributed by atoms with E-state index in [0.29, 0.717) is 11.6 Å². The van der Waals surface area contributed by atoms with E-state index in [1.54, 1.807) is 18.6 Å². The second kappa shape index (κ2) is 4.03. The first-order chi connectivity index (χ1) is 9.34. The van der Waals surface area contributed by atoms with Crippen LogP contribution in [-0.4, -0.2) is 17.7 Å². The van der Waals surface area contributed by atoms with Gasteiger partial charge in [0.25, 0.3) is 0 Å². The number of nitrogens with one attached hydrogen (secondary N) is 1. The molecule has 19 heavy (non-hydrogen) atoms. The molecule has 0 radical (unpaired) electrons. The molecule has 3 aromatic rings. The third kappa shape index (κ3) is 1.56. The molecule has 0 saturated carbocycles. The van der Waals surface area contributed by atoms with E-state index in [9.17, 15) is 5.11 Å². The smallest absolute Gasteiger partial charge is 0.176 e. The number of hydrogen-bond acceptors (Lipinski definition) is 4. The van der Waals surface area contributed by atoms with Crippen molar-refractivity contribution in [2.24, 2.45) is 0 Å². The quantitative estimate of drug-likeness (QED) is 0.740. The molecule has 1 fully saturated rings. The minimum absolute atomic E-state index is 0.173. The molecule has 2 aromatic heterocycles. The average Bonchev–Trinajstić information content (AvgIpc) is 3.13. The molecule has 0 bridgehead atoms. The van der Waals surface area contributed by atoms with Gasteiger partial charge >= 0.3 is 0 Å². The number of benzene rings is 1. The van der Waals surface area contributed by atoms with Crippen LogP contribution in [0.3, 0.4) is 0 Å². The number of aromatic hydroxyl groups is 1. The highest BCUT2D eigenvalue weighted by Gasteiger charge is 2.22. The lowest BCUT2D eigenvalue weighted by molar-refractivity contribution is 0.470. The lowest BCUT2D eigenvalue weighted by Gasteiger charge is -2.12. The van der Waals surface area contributed by atoms with Gasteiger partial charge in [0.05, 0.1) is 17.9 Å². The van der Waals surface area contributed by atoms with Crippen molar-refractivity contribution in [2.45, 2.75) is 25.3 Å². The molecular weight excluding hydrogens is 242 g/mol. The van der Waals surface area contributed by atoms with Crippen LogP contribution in [0.4, 0.5) is 0 Å². The van der Waals surface area contributed by atoms with Crippen molar-refractivity contribution in [3.63, 3.8) is 0 Å². The van der Waals surface area contributed by atoms with Crippen molar-refractivity contribution < 1.29 is 13.9 Å². The summed E-state index contributed by atoms with van der Waals surface area (Å²) in [4.78, 5) is 0. The maximum absolute atomic E-state index is 10.2. The van der Waals surface area contributed by atoms with Gasteiger partial charge in [-0.25, -0.2) is 0 Å². The van der Waals surface area contributed by atoms with Gasteiger partial charge < -0.3 is 19.3 Å². The monoisotopic (exact) mass is 257 g/mol. The Bertz CT molecular complexity index is 683. The Morgan fingerprint density at radius 3 is 2.74 bits per heavy atom. The molecule has 1 unspecified atom stereocenters. The largest absolute Gasteiger partial charge is 0.504 e. The maximum Gasteiger partial charge on any atom is 0.176 e. The molecule has 0 spiro atoms. The highest BCUT2D eigenvalue weighted by Crippen LogP contribution is 2.39. The van der Waals surface area contributed by atoms with Gasteiger partial charge in [-0.1, -0.05) is 0 Å². The molecule has 98 valence electrons. The Morgan fingerprint density at radius 1 is 1.16 bits per heavy atom. The SMILES string of the molecule is Oc1c2ccoc2c(CC2CCCN2)c2ccoc12. The first-order valence-corrected chi connectivity index (χ1v) is 6.66. The zero-order valence-corrected chi connectivity index (χ0v) is 10.5.